The minimum atomic E-state index is -0.318. The van der Waals surface area contributed by atoms with E-state index in [4.69, 9.17) is 4.74 Å². The maximum Gasteiger partial charge on any atom is 0.338 e. The molecule has 1 aromatic carbocycles. The molecule has 0 aliphatic carbocycles. The Bertz CT molecular complexity index is 441. The van der Waals surface area contributed by atoms with Gasteiger partial charge >= 0.3 is 5.97 Å². The van der Waals surface area contributed by atoms with E-state index in [2.05, 4.69) is 27.8 Å². The molecule has 1 rings (SSSR count). The lowest BCUT2D eigenvalue weighted by atomic mass is 10.0. The Kier molecular flexibility index (Phi) is 5.07. The monoisotopic (exact) mass is 280 g/mol. The van der Waals surface area contributed by atoms with Crippen molar-refractivity contribution in [2.24, 2.45) is 0 Å². The summed E-state index contributed by atoms with van der Waals surface area (Å²) in [5.74, 6) is 5.75. The zero-order valence-electron chi connectivity index (χ0n) is 9.34. The van der Waals surface area contributed by atoms with E-state index >= 15 is 0 Å². The fraction of sp³-hybridized carbons (Fsp3) is 0.308. The minimum Gasteiger partial charge on any atom is -0.465 e. The third-order valence-electron chi connectivity index (χ3n) is 2.18. The van der Waals surface area contributed by atoms with E-state index in [1.54, 1.807) is 6.07 Å². The van der Waals surface area contributed by atoms with E-state index in [0.29, 0.717) is 5.56 Å². The summed E-state index contributed by atoms with van der Waals surface area (Å²) in [5, 5.41) is 0.857. The zero-order chi connectivity index (χ0) is 12.0. The van der Waals surface area contributed by atoms with Crippen LogP contribution in [0.25, 0.3) is 0 Å². The molecule has 0 amide bonds. The summed E-state index contributed by atoms with van der Waals surface area (Å²) < 4.78 is 4.70. The molecule has 0 atom stereocenters. The van der Waals surface area contributed by atoms with Gasteiger partial charge in [-0.1, -0.05) is 33.8 Å². The van der Waals surface area contributed by atoms with Crippen LogP contribution in [0.3, 0.4) is 0 Å². The van der Waals surface area contributed by atoms with Gasteiger partial charge in [0.2, 0.25) is 0 Å². The first-order valence-corrected chi connectivity index (χ1v) is 6.05. The van der Waals surface area contributed by atoms with Crippen LogP contribution in [0, 0.1) is 18.8 Å². The lowest BCUT2D eigenvalue weighted by Gasteiger charge is -2.04. The van der Waals surface area contributed by atoms with Crippen LogP contribution in [-0.2, 0) is 4.74 Å². The fourth-order valence-electron chi connectivity index (χ4n) is 1.31. The van der Waals surface area contributed by atoms with Crippen molar-refractivity contribution in [1.29, 1.82) is 0 Å². The van der Waals surface area contributed by atoms with E-state index in [9.17, 15) is 4.79 Å². The number of rotatable bonds is 2. The molecule has 0 radical (unpaired) electrons. The summed E-state index contributed by atoms with van der Waals surface area (Å²) in [7, 11) is 1.38. The van der Waals surface area contributed by atoms with Gasteiger partial charge in [-0.3, -0.25) is 0 Å². The second-order valence-electron chi connectivity index (χ2n) is 3.21. The van der Waals surface area contributed by atoms with E-state index in [-0.39, 0.29) is 5.97 Å². The quantitative estimate of drug-likeness (QED) is 0.473. The van der Waals surface area contributed by atoms with Gasteiger partial charge in [-0.15, -0.1) is 0 Å². The highest BCUT2D eigenvalue weighted by Crippen LogP contribution is 2.13. The Morgan fingerprint density at radius 1 is 1.50 bits per heavy atom. The molecule has 84 valence electrons. The molecule has 0 fully saturated rings. The number of esters is 1. The lowest BCUT2D eigenvalue weighted by Crippen LogP contribution is -2.04. The number of benzene rings is 1. The Balaban J connectivity index is 3.05. The SMILES string of the molecule is COC(=O)c1cccc(C#CCCBr)c1C. The molecular weight excluding hydrogens is 268 g/mol. The average Bonchev–Trinajstić information content (AvgIpc) is 2.30. The predicted octanol–water partition coefficient (Wildman–Crippen LogP) is 2.92. The highest BCUT2D eigenvalue weighted by molar-refractivity contribution is 9.09. The van der Waals surface area contributed by atoms with Crippen LogP contribution in [0.1, 0.15) is 27.9 Å². The second-order valence-corrected chi connectivity index (χ2v) is 4.00. The van der Waals surface area contributed by atoms with Crippen molar-refractivity contribution in [1.82, 2.24) is 0 Å². The van der Waals surface area contributed by atoms with Crippen molar-refractivity contribution in [3.8, 4) is 11.8 Å². The van der Waals surface area contributed by atoms with E-state index in [0.717, 1.165) is 22.9 Å². The maximum absolute atomic E-state index is 11.4. The van der Waals surface area contributed by atoms with Gasteiger partial charge in [0.1, 0.15) is 0 Å². The smallest absolute Gasteiger partial charge is 0.338 e. The van der Waals surface area contributed by atoms with Crippen LogP contribution in [0.2, 0.25) is 0 Å². The Labute approximate surface area is 104 Å². The molecule has 0 aliphatic heterocycles. The number of ether oxygens (including phenoxy) is 1. The Morgan fingerprint density at radius 2 is 2.25 bits per heavy atom. The van der Waals surface area contributed by atoms with Crippen molar-refractivity contribution in [3.63, 3.8) is 0 Å². The molecule has 0 unspecified atom stereocenters. The van der Waals surface area contributed by atoms with Crippen LogP contribution in [0.4, 0.5) is 0 Å². The van der Waals surface area contributed by atoms with Crippen LogP contribution < -0.4 is 0 Å². The first-order valence-electron chi connectivity index (χ1n) is 4.93. The lowest BCUT2D eigenvalue weighted by molar-refractivity contribution is 0.0600. The molecule has 0 aliphatic rings. The minimum absolute atomic E-state index is 0.318. The van der Waals surface area contributed by atoms with Crippen LogP contribution in [0.5, 0.6) is 0 Å². The van der Waals surface area contributed by atoms with Gasteiger partial charge < -0.3 is 4.74 Å². The number of hydrogen-bond acceptors (Lipinski definition) is 2. The number of carbonyl (C=O) groups is 1. The molecule has 1 aromatic rings. The zero-order valence-corrected chi connectivity index (χ0v) is 10.9. The Hall–Kier alpha value is -1.27. The van der Waals surface area contributed by atoms with Crippen molar-refractivity contribution in [2.45, 2.75) is 13.3 Å². The summed E-state index contributed by atoms with van der Waals surface area (Å²) in [6.07, 6.45) is 0.794. The van der Waals surface area contributed by atoms with Crippen LogP contribution >= 0.6 is 15.9 Å². The topological polar surface area (TPSA) is 26.3 Å². The number of methoxy groups -OCH3 is 1. The van der Waals surface area contributed by atoms with E-state index in [1.165, 1.54) is 7.11 Å². The second kappa shape index (κ2) is 6.34. The summed E-state index contributed by atoms with van der Waals surface area (Å²) in [5.41, 5.74) is 2.33. The van der Waals surface area contributed by atoms with Gasteiger partial charge in [-0.05, 0) is 24.6 Å². The molecule has 16 heavy (non-hydrogen) atoms. The van der Waals surface area contributed by atoms with Crippen molar-refractivity contribution in [3.05, 3.63) is 34.9 Å². The molecular formula is C13H13BrO2. The van der Waals surface area contributed by atoms with Gasteiger partial charge in [0.25, 0.3) is 0 Å². The summed E-state index contributed by atoms with van der Waals surface area (Å²) in [6, 6.07) is 5.47. The molecule has 0 bridgehead atoms. The van der Waals surface area contributed by atoms with Gasteiger partial charge in [0.15, 0.2) is 0 Å². The summed E-state index contributed by atoms with van der Waals surface area (Å²) in [6.45, 7) is 1.88. The van der Waals surface area contributed by atoms with Crippen molar-refractivity contribution in [2.75, 3.05) is 12.4 Å². The number of carbonyl (C=O) groups excluding carboxylic acids is 1. The molecule has 0 spiro atoms. The molecule has 0 saturated carbocycles. The van der Waals surface area contributed by atoms with Gasteiger partial charge in [0.05, 0.1) is 12.7 Å². The third-order valence-corrected chi connectivity index (χ3v) is 2.58. The maximum atomic E-state index is 11.4. The number of hydrogen-bond donors (Lipinski definition) is 0. The third kappa shape index (κ3) is 3.11. The number of alkyl halides is 1. The molecule has 3 heteroatoms. The summed E-state index contributed by atoms with van der Waals surface area (Å²) in [4.78, 5) is 11.4. The fourth-order valence-corrected chi connectivity index (χ4v) is 1.51. The molecule has 0 aromatic heterocycles. The predicted molar refractivity (Wildman–Crippen MR) is 67.8 cm³/mol. The largest absolute Gasteiger partial charge is 0.465 e. The average molecular weight is 281 g/mol. The first kappa shape index (κ1) is 12.8. The number of halogens is 1. The summed E-state index contributed by atoms with van der Waals surface area (Å²) >= 11 is 3.31. The van der Waals surface area contributed by atoms with Gasteiger partial charge in [-0.25, -0.2) is 4.79 Å². The molecule has 0 saturated heterocycles. The van der Waals surface area contributed by atoms with Crippen molar-refractivity contribution >= 4 is 21.9 Å². The highest BCUT2D eigenvalue weighted by Gasteiger charge is 2.10. The van der Waals surface area contributed by atoms with Crippen LogP contribution in [0.15, 0.2) is 18.2 Å². The van der Waals surface area contributed by atoms with E-state index in [1.807, 2.05) is 19.1 Å². The first-order chi connectivity index (χ1) is 7.70. The Morgan fingerprint density at radius 3 is 2.88 bits per heavy atom. The normalized spacial score (nSPS) is 9.19. The van der Waals surface area contributed by atoms with Gasteiger partial charge in [-0.2, -0.15) is 0 Å². The molecule has 0 heterocycles. The molecule has 0 N–H and O–H groups in total. The van der Waals surface area contributed by atoms with Gasteiger partial charge in [0, 0.05) is 17.3 Å². The highest BCUT2D eigenvalue weighted by atomic mass is 79.9. The standard InChI is InChI=1S/C13H13BrO2/c1-10-11(6-3-4-9-14)7-5-8-12(10)13(15)16-2/h5,7-8H,4,9H2,1-2H3. The van der Waals surface area contributed by atoms with Crippen molar-refractivity contribution < 1.29 is 9.53 Å². The van der Waals surface area contributed by atoms with Crippen LogP contribution in [-0.4, -0.2) is 18.4 Å². The molecule has 2 nitrogen and oxygen atoms in total. The van der Waals surface area contributed by atoms with E-state index < -0.39 is 0 Å².